The number of nitrogens with zero attached hydrogens (tertiary/aromatic N) is 2. The number of aromatic nitrogens is 1. The minimum Gasteiger partial charge on any atom is -0.482 e. The SMILES string of the molecule is Cc1cc(NC(=O)COC(=O)COc2ccc(C#N)cc2)on1. The highest BCUT2D eigenvalue weighted by atomic mass is 16.6. The number of anilines is 1. The zero-order valence-corrected chi connectivity index (χ0v) is 12.2. The second-order valence-corrected chi connectivity index (χ2v) is 4.47. The molecule has 0 aliphatic rings. The fourth-order valence-corrected chi connectivity index (χ4v) is 1.55. The van der Waals surface area contributed by atoms with Crippen LogP contribution in [0.3, 0.4) is 0 Å². The largest absolute Gasteiger partial charge is 0.482 e. The maximum Gasteiger partial charge on any atom is 0.344 e. The zero-order chi connectivity index (χ0) is 16.7. The Balaban J connectivity index is 1.70. The lowest BCUT2D eigenvalue weighted by atomic mass is 10.2. The first-order valence-corrected chi connectivity index (χ1v) is 6.58. The highest BCUT2D eigenvalue weighted by Crippen LogP contribution is 2.11. The standard InChI is InChI=1S/C15H13N3O5/c1-10-6-14(23-18-10)17-13(19)8-22-15(20)9-21-12-4-2-11(7-16)3-5-12/h2-6H,8-9H2,1H3,(H,17,19). The van der Waals surface area contributed by atoms with Crippen LogP contribution in [0.4, 0.5) is 5.88 Å². The Morgan fingerprint density at radius 3 is 2.65 bits per heavy atom. The molecular weight excluding hydrogens is 302 g/mol. The lowest BCUT2D eigenvalue weighted by Gasteiger charge is -2.06. The van der Waals surface area contributed by atoms with E-state index in [9.17, 15) is 9.59 Å². The molecule has 1 amide bonds. The molecule has 0 spiro atoms. The number of hydrogen-bond acceptors (Lipinski definition) is 7. The van der Waals surface area contributed by atoms with Gasteiger partial charge in [0.05, 0.1) is 17.3 Å². The van der Waals surface area contributed by atoms with Gasteiger partial charge in [0.25, 0.3) is 5.91 Å². The van der Waals surface area contributed by atoms with Gasteiger partial charge >= 0.3 is 5.97 Å². The molecule has 8 heteroatoms. The number of ether oxygens (including phenoxy) is 2. The number of aryl methyl sites for hydroxylation is 1. The van der Waals surface area contributed by atoms with Crippen molar-refractivity contribution in [1.82, 2.24) is 5.16 Å². The van der Waals surface area contributed by atoms with Crippen LogP contribution >= 0.6 is 0 Å². The quantitative estimate of drug-likeness (QED) is 0.801. The topological polar surface area (TPSA) is 114 Å². The van der Waals surface area contributed by atoms with Gasteiger partial charge in [0, 0.05) is 6.07 Å². The first-order valence-electron chi connectivity index (χ1n) is 6.58. The van der Waals surface area contributed by atoms with Crippen LogP contribution in [0.2, 0.25) is 0 Å². The average Bonchev–Trinajstić information content (AvgIpc) is 2.96. The van der Waals surface area contributed by atoms with Crippen molar-refractivity contribution in [2.75, 3.05) is 18.5 Å². The molecule has 0 aliphatic heterocycles. The maximum absolute atomic E-state index is 11.5. The van der Waals surface area contributed by atoms with Gasteiger partial charge in [0.2, 0.25) is 5.88 Å². The summed E-state index contributed by atoms with van der Waals surface area (Å²) in [5.74, 6) is -0.647. The van der Waals surface area contributed by atoms with Crippen LogP contribution in [0.25, 0.3) is 0 Å². The van der Waals surface area contributed by atoms with E-state index in [1.807, 2.05) is 6.07 Å². The van der Waals surface area contributed by atoms with E-state index in [-0.39, 0.29) is 12.5 Å². The first-order chi connectivity index (χ1) is 11.1. The van der Waals surface area contributed by atoms with Crippen LogP contribution in [0.5, 0.6) is 5.75 Å². The van der Waals surface area contributed by atoms with Crippen LogP contribution in [0.1, 0.15) is 11.3 Å². The number of benzene rings is 1. The van der Waals surface area contributed by atoms with Gasteiger partial charge in [-0.05, 0) is 31.2 Å². The van der Waals surface area contributed by atoms with Crippen molar-refractivity contribution in [3.8, 4) is 11.8 Å². The fraction of sp³-hybridized carbons (Fsp3) is 0.200. The minimum atomic E-state index is -0.696. The molecular formula is C15H13N3O5. The normalized spacial score (nSPS) is 9.74. The van der Waals surface area contributed by atoms with Crippen LogP contribution in [-0.2, 0) is 14.3 Å². The summed E-state index contributed by atoms with van der Waals surface area (Å²) < 4.78 is 14.7. The Labute approximate surface area is 131 Å². The van der Waals surface area contributed by atoms with Crippen LogP contribution < -0.4 is 10.1 Å². The summed E-state index contributed by atoms with van der Waals surface area (Å²) in [5, 5.41) is 14.7. The molecule has 0 bridgehead atoms. The van der Waals surface area contributed by atoms with Gasteiger partial charge in [0.15, 0.2) is 13.2 Å². The van der Waals surface area contributed by atoms with Crippen molar-refractivity contribution in [3.63, 3.8) is 0 Å². The van der Waals surface area contributed by atoms with E-state index in [1.165, 1.54) is 6.07 Å². The van der Waals surface area contributed by atoms with Gasteiger partial charge in [-0.15, -0.1) is 0 Å². The summed E-state index contributed by atoms with van der Waals surface area (Å²) in [7, 11) is 0. The second kappa shape index (κ2) is 7.61. The molecule has 1 aromatic heterocycles. The number of carbonyl (C=O) groups is 2. The average molecular weight is 315 g/mol. The zero-order valence-electron chi connectivity index (χ0n) is 12.2. The molecule has 1 heterocycles. The van der Waals surface area contributed by atoms with Crippen molar-refractivity contribution in [1.29, 1.82) is 5.26 Å². The predicted molar refractivity (Wildman–Crippen MR) is 77.5 cm³/mol. The number of rotatable bonds is 6. The molecule has 2 aromatic rings. The Morgan fingerprint density at radius 2 is 2.04 bits per heavy atom. The van der Waals surface area contributed by atoms with E-state index in [0.717, 1.165) is 0 Å². The highest BCUT2D eigenvalue weighted by molar-refractivity contribution is 5.91. The number of hydrogen-bond donors (Lipinski definition) is 1. The van der Waals surface area contributed by atoms with Gasteiger partial charge in [0.1, 0.15) is 5.75 Å². The van der Waals surface area contributed by atoms with Crippen LogP contribution in [0, 0.1) is 18.3 Å². The Kier molecular flexibility index (Phi) is 5.30. The van der Waals surface area contributed by atoms with Crippen molar-refractivity contribution in [2.24, 2.45) is 0 Å². The molecule has 2 rings (SSSR count). The summed E-state index contributed by atoms with van der Waals surface area (Å²) in [4.78, 5) is 23.0. The first kappa shape index (κ1) is 16.0. The van der Waals surface area contributed by atoms with E-state index < -0.39 is 18.5 Å². The highest BCUT2D eigenvalue weighted by Gasteiger charge is 2.10. The minimum absolute atomic E-state index is 0.178. The molecule has 0 fully saturated rings. The molecule has 0 radical (unpaired) electrons. The molecule has 23 heavy (non-hydrogen) atoms. The number of carbonyl (C=O) groups excluding carboxylic acids is 2. The molecule has 0 saturated carbocycles. The molecule has 8 nitrogen and oxygen atoms in total. The summed E-state index contributed by atoms with van der Waals surface area (Å²) in [5.41, 5.74) is 1.10. The smallest absolute Gasteiger partial charge is 0.344 e. The van der Waals surface area contributed by atoms with Gasteiger partial charge in [-0.25, -0.2) is 4.79 Å². The van der Waals surface area contributed by atoms with Crippen LogP contribution in [0.15, 0.2) is 34.9 Å². The second-order valence-electron chi connectivity index (χ2n) is 4.47. The molecule has 118 valence electrons. The predicted octanol–water partition coefficient (Wildman–Crippen LogP) is 1.42. The number of esters is 1. The maximum atomic E-state index is 11.5. The fourth-order valence-electron chi connectivity index (χ4n) is 1.55. The molecule has 1 aromatic carbocycles. The van der Waals surface area contributed by atoms with Crippen molar-refractivity contribution in [2.45, 2.75) is 6.92 Å². The number of amides is 1. The Morgan fingerprint density at radius 1 is 1.30 bits per heavy atom. The van der Waals surface area contributed by atoms with Gasteiger partial charge in [-0.3, -0.25) is 10.1 Å². The van der Waals surface area contributed by atoms with Gasteiger partial charge in [-0.2, -0.15) is 5.26 Å². The van der Waals surface area contributed by atoms with Gasteiger partial charge in [-0.1, -0.05) is 5.16 Å². The number of nitriles is 1. The molecule has 0 saturated heterocycles. The van der Waals surface area contributed by atoms with Crippen molar-refractivity contribution < 1.29 is 23.6 Å². The van der Waals surface area contributed by atoms with E-state index >= 15 is 0 Å². The summed E-state index contributed by atoms with van der Waals surface area (Å²) >= 11 is 0. The lowest BCUT2D eigenvalue weighted by Crippen LogP contribution is -2.23. The van der Waals surface area contributed by atoms with Gasteiger partial charge < -0.3 is 14.0 Å². The third-order valence-electron chi connectivity index (χ3n) is 2.59. The molecule has 1 N–H and O–H groups in total. The third kappa shape index (κ3) is 5.17. The Bertz CT molecular complexity index is 730. The summed E-state index contributed by atoms with van der Waals surface area (Å²) in [6.07, 6.45) is 0. The Hall–Kier alpha value is -3.34. The molecule has 0 aliphatic carbocycles. The number of nitrogens with one attached hydrogen (secondary N) is 1. The molecule has 0 atom stereocenters. The van der Waals surface area contributed by atoms with E-state index in [0.29, 0.717) is 17.0 Å². The lowest BCUT2D eigenvalue weighted by molar-refractivity contribution is -0.149. The van der Waals surface area contributed by atoms with Crippen LogP contribution in [-0.4, -0.2) is 30.2 Å². The van der Waals surface area contributed by atoms with Crippen molar-refractivity contribution >= 4 is 17.8 Å². The summed E-state index contributed by atoms with van der Waals surface area (Å²) in [6.45, 7) is 0.898. The summed E-state index contributed by atoms with van der Waals surface area (Å²) in [6, 6.07) is 9.75. The monoisotopic (exact) mass is 315 g/mol. The van der Waals surface area contributed by atoms with E-state index in [2.05, 4.69) is 10.5 Å². The molecule has 0 unspecified atom stereocenters. The van der Waals surface area contributed by atoms with E-state index in [4.69, 9.17) is 19.3 Å². The van der Waals surface area contributed by atoms with E-state index in [1.54, 1.807) is 31.2 Å². The third-order valence-corrected chi connectivity index (χ3v) is 2.59. The van der Waals surface area contributed by atoms with Crippen molar-refractivity contribution in [3.05, 3.63) is 41.6 Å².